The lowest BCUT2D eigenvalue weighted by atomic mass is 10.1. The molecule has 32 heavy (non-hydrogen) atoms. The fraction of sp³-hybridized carbons (Fsp3) is 0.348. The van der Waals surface area contributed by atoms with Crippen LogP contribution >= 0.6 is 11.6 Å². The number of amides is 1. The van der Waals surface area contributed by atoms with E-state index in [1.54, 1.807) is 24.3 Å². The van der Waals surface area contributed by atoms with E-state index in [1.807, 2.05) is 25.9 Å². The third kappa shape index (κ3) is 4.92. The molecule has 3 rings (SSSR count). The van der Waals surface area contributed by atoms with Crippen molar-refractivity contribution in [3.8, 4) is 5.75 Å². The maximum absolute atomic E-state index is 13.5. The summed E-state index contributed by atoms with van der Waals surface area (Å²) in [6.07, 6.45) is 0.817. The number of benzene rings is 2. The third-order valence-electron chi connectivity index (χ3n) is 5.11. The van der Waals surface area contributed by atoms with E-state index in [0.29, 0.717) is 29.5 Å². The SMILES string of the molecule is CCCOc1cccc([C@@H]2C(S(=O)(=O)c3ccc(Cl)cc3)=C(O)C(=O)N2CCN(C)C)c1. The molecule has 0 saturated heterocycles. The van der Waals surface area contributed by atoms with Crippen LogP contribution in [-0.4, -0.2) is 63.0 Å². The Morgan fingerprint density at radius 2 is 1.84 bits per heavy atom. The van der Waals surface area contributed by atoms with Gasteiger partial charge in [-0.3, -0.25) is 4.79 Å². The minimum atomic E-state index is -4.18. The van der Waals surface area contributed by atoms with Crippen LogP contribution in [0.25, 0.3) is 0 Å². The van der Waals surface area contributed by atoms with E-state index in [9.17, 15) is 18.3 Å². The predicted octanol–water partition coefficient (Wildman–Crippen LogP) is 3.82. The first-order chi connectivity index (χ1) is 15.2. The number of sulfone groups is 1. The van der Waals surface area contributed by atoms with E-state index in [-0.39, 0.29) is 16.3 Å². The number of hydrogen-bond acceptors (Lipinski definition) is 6. The molecule has 1 N–H and O–H groups in total. The van der Waals surface area contributed by atoms with E-state index >= 15 is 0 Å². The number of aliphatic hydroxyl groups is 1. The van der Waals surface area contributed by atoms with Gasteiger partial charge in [-0.15, -0.1) is 0 Å². The molecule has 0 unspecified atom stereocenters. The van der Waals surface area contributed by atoms with Gasteiger partial charge in [0.2, 0.25) is 9.84 Å². The molecule has 1 aliphatic heterocycles. The molecule has 1 amide bonds. The molecule has 2 aromatic carbocycles. The van der Waals surface area contributed by atoms with Crippen molar-refractivity contribution in [1.29, 1.82) is 0 Å². The molecule has 1 heterocycles. The molecule has 2 aromatic rings. The van der Waals surface area contributed by atoms with Crippen molar-refractivity contribution in [2.24, 2.45) is 0 Å². The Labute approximate surface area is 193 Å². The van der Waals surface area contributed by atoms with Gasteiger partial charge >= 0.3 is 0 Å². The molecule has 0 saturated carbocycles. The first-order valence-corrected chi connectivity index (χ1v) is 12.1. The Morgan fingerprint density at radius 3 is 2.47 bits per heavy atom. The van der Waals surface area contributed by atoms with E-state index in [0.717, 1.165) is 6.42 Å². The molecule has 9 heteroatoms. The summed E-state index contributed by atoms with van der Waals surface area (Å²) >= 11 is 5.91. The number of hydrogen-bond donors (Lipinski definition) is 1. The average molecular weight is 479 g/mol. The van der Waals surface area contributed by atoms with Gasteiger partial charge in [0, 0.05) is 18.1 Å². The van der Waals surface area contributed by atoms with Gasteiger partial charge in [-0.25, -0.2) is 8.42 Å². The second kappa shape index (κ2) is 9.94. The summed E-state index contributed by atoms with van der Waals surface area (Å²) in [7, 11) is -0.473. The second-order valence-corrected chi connectivity index (χ2v) is 10.2. The number of aliphatic hydroxyl groups excluding tert-OH is 1. The van der Waals surface area contributed by atoms with Crippen molar-refractivity contribution in [3.05, 3.63) is 69.8 Å². The highest BCUT2D eigenvalue weighted by molar-refractivity contribution is 7.95. The van der Waals surface area contributed by atoms with Gasteiger partial charge in [-0.05, 0) is 62.5 Å². The van der Waals surface area contributed by atoms with E-state index in [1.165, 1.54) is 29.2 Å². The Balaban J connectivity index is 2.12. The van der Waals surface area contributed by atoms with Crippen LogP contribution in [0.5, 0.6) is 5.75 Å². The first-order valence-electron chi connectivity index (χ1n) is 10.3. The maximum Gasteiger partial charge on any atom is 0.290 e. The van der Waals surface area contributed by atoms with Crippen LogP contribution in [0, 0.1) is 0 Å². The van der Waals surface area contributed by atoms with Gasteiger partial charge in [0.1, 0.15) is 10.7 Å². The number of carbonyl (C=O) groups excluding carboxylic acids is 1. The monoisotopic (exact) mass is 478 g/mol. The Kier molecular flexibility index (Phi) is 7.48. The molecule has 172 valence electrons. The summed E-state index contributed by atoms with van der Waals surface area (Å²) in [5.41, 5.74) is 0.544. The number of ether oxygens (including phenoxy) is 1. The van der Waals surface area contributed by atoms with Crippen LogP contribution in [0.1, 0.15) is 24.9 Å². The van der Waals surface area contributed by atoms with Gasteiger partial charge in [0.05, 0.1) is 17.5 Å². The lowest BCUT2D eigenvalue weighted by molar-refractivity contribution is -0.129. The van der Waals surface area contributed by atoms with Crippen LogP contribution in [0.15, 0.2) is 64.1 Å². The first kappa shape index (κ1) is 24.1. The highest BCUT2D eigenvalue weighted by Crippen LogP contribution is 2.43. The zero-order valence-electron chi connectivity index (χ0n) is 18.3. The predicted molar refractivity (Wildman–Crippen MR) is 124 cm³/mol. The van der Waals surface area contributed by atoms with E-state index in [4.69, 9.17) is 16.3 Å². The molecule has 1 atom stereocenters. The zero-order chi connectivity index (χ0) is 23.5. The van der Waals surface area contributed by atoms with Crippen LogP contribution in [-0.2, 0) is 14.6 Å². The summed E-state index contributed by atoms with van der Waals surface area (Å²) in [4.78, 5) is 15.9. The van der Waals surface area contributed by atoms with Crippen molar-refractivity contribution in [2.45, 2.75) is 24.3 Å². The van der Waals surface area contributed by atoms with Crippen LogP contribution in [0.4, 0.5) is 0 Å². The number of halogens is 1. The van der Waals surface area contributed by atoms with Crippen LogP contribution in [0.2, 0.25) is 5.02 Å². The summed E-state index contributed by atoms with van der Waals surface area (Å²) in [6, 6.07) is 11.6. The van der Waals surface area contributed by atoms with Gasteiger partial charge in [-0.1, -0.05) is 30.7 Å². The zero-order valence-corrected chi connectivity index (χ0v) is 19.9. The van der Waals surface area contributed by atoms with Gasteiger partial charge in [-0.2, -0.15) is 0 Å². The minimum Gasteiger partial charge on any atom is -0.502 e. The molecular formula is C23H27ClN2O5S. The Morgan fingerprint density at radius 1 is 1.16 bits per heavy atom. The van der Waals surface area contributed by atoms with Gasteiger partial charge in [0.25, 0.3) is 5.91 Å². The van der Waals surface area contributed by atoms with Gasteiger partial charge in [0.15, 0.2) is 5.76 Å². The molecular weight excluding hydrogens is 452 g/mol. The van der Waals surface area contributed by atoms with Crippen molar-refractivity contribution < 1.29 is 23.1 Å². The third-order valence-corrected chi connectivity index (χ3v) is 7.25. The van der Waals surface area contributed by atoms with E-state index in [2.05, 4.69) is 0 Å². The maximum atomic E-state index is 13.5. The highest BCUT2D eigenvalue weighted by atomic mass is 35.5. The molecule has 1 aliphatic rings. The van der Waals surface area contributed by atoms with Crippen LogP contribution < -0.4 is 4.74 Å². The summed E-state index contributed by atoms with van der Waals surface area (Å²) < 4.78 is 32.8. The standard InChI is InChI=1S/C23H27ClN2O5S/c1-4-14-31-18-7-5-6-16(15-18)20-22(21(27)23(28)26(20)13-12-25(2)3)32(29,30)19-10-8-17(24)9-11-19/h5-11,15,20,27H,4,12-14H2,1-3H3/t20-/m1/s1. The summed E-state index contributed by atoms with van der Waals surface area (Å²) in [5.74, 6) is -0.910. The number of likely N-dealkylation sites (N-methyl/N-ethyl adjacent to an activating group) is 1. The van der Waals surface area contributed by atoms with Crippen molar-refractivity contribution >= 4 is 27.3 Å². The summed E-state index contributed by atoms with van der Waals surface area (Å²) in [5, 5.41) is 11.1. The fourth-order valence-electron chi connectivity index (χ4n) is 3.51. The quantitative estimate of drug-likeness (QED) is 0.589. The topological polar surface area (TPSA) is 87.2 Å². The molecule has 0 fully saturated rings. The summed E-state index contributed by atoms with van der Waals surface area (Å²) in [6.45, 7) is 3.23. The molecule has 0 aromatic heterocycles. The number of rotatable bonds is 9. The van der Waals surface area contributed by atoms with Crippen molar-refractivity contribution in [3.63, 3.8) is 0 Å². The largest absolute Gasteiger partial charge is 0.502 e. The number of nitrogens with zero attached hydrogens (tertiary/aromatic N) is 2. The number of carbonyl (C=O) groups is 1. The molecule has 0 aliphatic carbocycles. The smallest absolute Gasteiger partial charge is 0.290 e. The van der Waals surface area contributed by atoms with Crippen LogP contribution in [0.3, 0.4) is 0 Å². The Hall–Kier alpha value is -2.55. The van der Waals surface area contributed by atoms with Crippen molar-refractivity contribution in [1.82, 2.24) is 9.80 Å². The minimum absolute atomic E-state index is 0.0471. The van der Waals surface area contributed by atoms with Gasteiger partial charge < -0.3 is 19.6 Å². The molecule has 0 bridgehead atoms. The molecule has 0 spiro atoms. The lowest BCUT2D eigenvalue weighted by Gasteiger charge is -2.28. The normalized spacial score (nSPS) is 16.8. The second-order valence-electron chi connectivity index (χ2n) is 7.80. The molecule has 0 radical (unpaired) electrons. The highest BCUT2D eigenvalue weighted by Gasteiger charge is 2.46. The van der Waals surface area contributed by atoms with E-state index < -0.39 is 27.5 Å². The Bertz CT molecular complexity index is 1110. The average Bonchev–Trinajstić information content (AvgIpc) is 3.02. The van der Waals surface area contributed by atoms with Crippen molar-refractivity contribution in [2.75, 3.05) is 33.8 Å². The fourth-order valence-corrected chi connectivity index (χ4v) is 5.28. The lowest BCUT2D eigenvalue weighted by Crippen LogP contribution is -2.36. The molecule has 7 nitrogen and oxygen atoms in total.